The molecule has 0 aliphatic carbocycles. The van der Waals surface area contributed by atoms with Gasteiger partial charge in [0.2, 0.25) is 0 Å². The molecule has 0 radical (unpaired) electrons. The number of piperidine rings is 1. The number of hydrogen-bond donors (Lipinski definition) is 3. The third-order valence-electron chi connectivity index (χ3n) is 2.53. The number of carboxylic acid groups (broad SMARTS) is 1. The van der Waals surface area contributed by atoms with Crippen molar-refractivity contribution in [2.45, 2.75) is 19.3 Å². The highest BCUT2D eigenvalue weighted by atomic mass is 16.4. The minimum atomic E-state index is -0.814. The monoisotopic (exact) mass is 173 g/mol. The second-order valence-electron chi connectivity index (χ2n) is 3.48. The van der Waals surface area contributed by atoms with E-state index in [-0.39, 0.29) is 18.4 Å². The fraction of sp³-hybridized carbons (Fsp3) is 0.875. The van der Waals surface area contributed by atoms with Crippen molar-refractivity contribution in [1.29, 1.82) is 0 Å². The molecule has 0 aromatic rings. The Balaban J connectivity index is 2.53. The van der Waals surface area contributed by atoms with Crippen LogP contribution in [0.1, 0.15) is 19.3 Å². The molecule has 0 atom stereocenters. The molecule has 1 heterocycles. The van der Waals surface area contributed by atoms with E-state index in [1.165, 1.54) is 0 Å². The van der Waals surface area contributed by atoms with Crippen LogP contribution < -0.4 is 5.32 Å². The lowest BCUT2D eigenvalue weighted by atomic mass is 9.77. The minimum absolute atomic E-state index is 0.0129. The molecule has 0 spiro atoms. The second-order valence-corrected chi connectivity index (χ2v) is 3.48. The third-order valence-corrected chi connectivity index (χ3v) is 2.53. The lowest BCUT2D eigenvalue weighted by Gasteiger charge is -2.34. The summed E-state index contributed by atoms with van der Waals surface area (Å²) in [5.74, 6) is -0.814. The molecule has 0 saturated carbocycles. The zero-order valence-corrected chi connectivity index (χ0v) is 7.05. The van der Waals surface area contributed by atoms with Gasteiger partial charge in [-0.2, -0.15) is 0 Å². The molecule has 1 rings (SSSR count). The Morgan fingerprint density at radius 1 is 1.42 bits per heavy atom. The second kappa shape index (κ2) is 3.87. The summed E-state index contributed by atoms with van der Waals surface area (Å²) in [5, 5.41) is 20.9. The maximum absolute atomic E-state index is 10.5. The molecule has 1 aliphatic heterocycles. The van der Waals surface area contributed by atoms with Crippen LogP contribution in [-0.4, -0.2) is 35.9 Å². The van der Waals surface area contributed by atoms with Crippen LogP contribution in [0.4, 0.5) is 0 Å². The molecule has 4 nitrogen and oxygen atoms in total. The van der Waals surface area contributed by atoms with Gasteiger partial charge >= 0.3 is 5.97 Å². The molecule has 0 bridgehead atoms. The normalized spacial score (nSPS) is 22.1. The number of carboxylic acids is 1. The topological polar surface area (TPSA) is 69.6 Å². The molecule has 12 heavy (non-hydrogen) atoms. The molecule has 1 fully saturated rings. The van der Waals surface area contributed by atoms with Gasteiger partial charge in [-0.1, -0.05) is 0 Å². The summed E-state index contributed by atoms with van der Waals surface area (Å²) in [7, 11) is 0. The maximum atomic E-state index is 10.5. The standard InChI is InChI=1S/C8H15NO3/c10-6-8(5-7(11)12)1-3-9-4-2-8/h9-10H,1-6H2,(H,11,12). The van der Waals surface area contributed by atoms with Gasteiger partial charge in [0.1, 0.15) is 0 Å². The first-order chi connectivity index (χ1) is 5.68. The molecule has 4 heteroatoms. The van der Waals surface area contributed by atoms with Gasteiger partial charge < -0.3 is 15.5 Å². The molecule has 1 aliphatic rings. The van der Waals surface area contributed by atoms with Gasteiger partial charge in [-0.05, 0) is 25.9 Å². The van der Waals surface area contributed by atoms with Crippen molar-refractivity contribution in [3.05, 3.63) is 0 Å². The predicted molar refractivity (Wildman–Crippen MR) is 43.9 cm³/mol. The van der Waals surface area contributed by atoms with E-state index in [9.17, 15) is 4.79 Å². The smallest absolute Gasteiger partial charge is 0.303 e. The predicted octanol–water partition coefficient (Wildman–Crippen LogP) is -0.177. The van der Waals surface area contributed by atoms with E-state index in [4.69, 9.17) is 10.2 Å². The molecule has 3 N–H and O–H groups in total. The summed E-state index contributed by atoms with van der Waals surface area (Å²) in [6, 6.07) is 0. The number of aliphatic carboxylic acids is 1. The third kappa shape index (κ3) is 2.19. The van der Waals surface area contributed by atoms with Crippen molar-refractivity contribution in [2.24, 2.45) is 5.41 Å². The first kappa shape index (κ1) is 9.48. The van der Waals surface area contributed by atoms with Crippen LogP contribution in [0.5, 0.6) is 0 Å². The van der Waals surface area contributed by atoms with Gasteiger partial charge in [0.15, 0.2) is 0 Å². The molecule has 1 saturated heterocycles. The first-order valence-electron chi connectivity index (χ1n) is 4.22. The fourth-order valence-corrected chi connectivity index (χ4v) is 1.67. The van der Waals surface area contributed by atoms with Crippen LogP contribution in [-0.2, 0) is 4.79 Å². The van der Waals surface area contributed by atoms with E-state index in [0.29, 0.717) is 0 Å². The minimum Gasteiger partial charge on any atom is -0.481 e. The van der Waals surface area contributed by atoms with Crippen molar-refractivity contribution in [1.82, 2.24) is 5.32 Å². The SMILES string of the molecule is O=C(O)CC1(CO)CCNCC1. The van der Waals surface area contributed by atoms with Crippen LogP contribution in [0.3, 0.4) is 0 Å². The number of aliphatic hydroxyl groups excluding tert-OH is 1. The van der Waals surface area contributed by atoms with Gasteiger partial charge in [-0.3, -0.25) is 4.79 Å². The van der Waals surface area contributed by atoms with Gasteiger partial charge in [0.25, 0.3) is 0 Å². The van der Waals surface area contributed by atoms with Crippen molar-refractivity contribution in [3.8, 4) is 0 Å². The van der Waals surface area contributed by atoms with E-state index in [0.717, 1.165) is 25.9 Å². The first-order valence-corrected chi connectivity index (χ1v) is 4.22. The van der Waals surface area contributed by atoms with Gasteiger partial charge in [0, 0.05) is 12.0 Å². The van der Waals surface area contributed by atoms with Crippen molar-refractivity contribution in [3.63, 3.8) is 0 Å². The van der Waals surface area contributed by atoms with Crippen molar-refractivity contribution in [2.75, 3.05) is 19.7 Å². The van der Waals surface area contributed by atoms with Crippen molar-refractivity contribution < 1.29 is 15.0 Å². The quantitative estimate of drug-likeness (QED) is 0.554. The zero-order chi connectivity index (χ0) is 9.03. The largest absolute Gasteiger partial charge is 0.481 e. The fourth-order valence-electron chi connectivity index (χ4n) is 1.67. The number of aliphatic hydroxyl groups is 1. The molecular weight excluding hydrogens is 158 g/mol. The highest BCUT2D eigenvalue weighted by molar-refractivity contribution is 5.67. The van der Waals surface area contributed by atoms with Crippen LogP contribution in [0.25, 0.3) is 0 Å². The van der Waals surface area contributed by atoms with E-state index in [2.05, 4.69) is 5.32 Å². The Bertz CT molecular complexity index is 164. The average Bonchev–Trinajstić information content (AvgIpc) is 2.05. The van der Waals surface area contributed by atoms with E-state index >= 15 is 0 Å². The highest BCUT2D eigenvalue weighted by Gasteiger charge is 2.33. The Kier molecular flexibility index (Phi) is 3.05. The van der Waals surface area contributed by atoms with E-state index in [1.807, 2.05) is 0 Å². The lowest BCUT2D eigenvalue weighted by molar-refractivity contribution is -0.141. The zero-order valence-electron chi connectivity index (χ0n) is 7.05. The Morgan fingerprint density at radius 2 is 2.00 bits per heavy atom. The highest BCUT2D eigenvalue weighted by Crippen LogP contribution is 2.31. The van der Waals surface area contributed by atoms with Gasteiger partial charge in [-0.25, -0.2) is 0 Å². The molecule has 0 unspecified atom stereocenters. The van der Waals surface area contributed by atoms with Crippen LogP contribution in [0.15, 0.2) is 0 Å². The summed E-state index contributed by atoms with van der Waals surface area (Å²) in [5.41, 5.74) is -0.364. The molecule has 0 amide bonds. The molecule has 70 valence electrons. The number of rotatable bonds is 3. The van der Waals surface area contributed by atoms with Crippen molar-refractivity contribution >= 4 is 5.97 Å². The van der Waals surface area contributed by atoms with Crippen LogP contribution in [0.2, 0.25) is 0 Å². The maximum Gasteiger partial charge on any atom is 0.303 e. The summed E-state index contributed by atoms with van der Waals surface area (Å²) >= 11 is 0. The van der Waals surface area contributed by atoms with Crippen LogP contribution in [0, 0.1) is 5.41 Å². The van der Waals surface area contributed by atoms with Gasteiger partial charge in [0.05, 0.1) is 6.42 Å². The summed E-state index contributed by atoms with van der Waals surface area (Å²) in [6.07, 6.45) is 1.61. The molecule has 0 aromatic heterocycles. The Hall–Kier alpha value is -0.610. The number of hydrogen-bond acceptors (Lipinski definition) is 3. The summed E-state index contributed by atoms with van der Waals surface area (Å²) < 4.78 is 0. The summed E-state index contributed by atoms with van der Waals surface area (Å²) in [4.78, 5) is 10.5. The van der Waals surface area contributed by atoms with E-state index in [1.54, 1.807) is 0 Å². The van der Waals surface area contributed by atoms with Crippen LogP contribution >= 0.6 is 0 Å². The number of carbonyl (C=O) groups is 1. The molecule has 0 aromatic carbocycles. The average molecular weight is 173 g/mol. The Labute approximate surface area is 71.6 Å². The lowest BCUT2D eigenvalue weighted by Crippen LogP contribution is -2.40. The van der Waals surface area contributed by atoms with Gasteiger partial charge in [-0.15, -0.1) is 0 Å². The Morgan fingerprint density at radius 3 is 2.42 bits per heavy atom. The molecular formula is C8H15NO3. The number of nitrogens with one attached hydrogen (secondary N) is 1. The van der Waals surface area contributed by atoms with E-state index < -0.39 is 5.97 Å². The summed E-state index contributed by atoms with van der Waals surface area (Å²) in [6.45, 7) is 1.61.